The predicted molar refractivity (Wildman–Crippen MR) is 87.2 cm³/mol. The van der Waals surface area contributed by atoms with Crippen molar-refractivity contribution >= 4 is 17.2 Å². The summed E-state index contributed by atoms with van der Waals surface area (Å²) in [7, 11) is 1.65. The van der Waals surface area contributed by atoms with Gasteiger partial charge in [0.1, 0.15) is 10.7 Å². The summed E-state index contributed by atoms with van der Waals surface area (Å²) in [4.78, 5) is 2.93. The third-order valence-electron chi connectivity index (χ3n) is 3.88. The summed E-state index contributed by atoms with van der Waals surface area (Å²) in [6, 6.07) is 6.15. The molecule has 0 saturated carbocycles. The van der Waals surface area contributed by atoms with Crippen molar-refractivity contribution in [3.8, 4) is 5.75 Å². The van der Waals surface area contributed by atoms with Crippen LogP contribution in [0.3, 0.4) is 0 Å². The van der Waals surface area contributed by atoms with Crippen molar-refractivity contribution in [2.75, 3.05) is 20.2 Å². The van der Waals surface area contributed by atoms with E-state index < -0.39 is 0 Å². The Morgan fingerprint density at radius 2 is 1.85 bits per heavy atom. The maximum atomic E-state index is 5.78. The average Bonchev–Trinajstić information content (AvgIpc) is 2.41. The number of methoxy groups -OCH3 is 1. The second-order valence-corrected chi connectivity index (χ2v) is 5.88. The van der Waals surface area contributed by atoms with Crippen molar-refractivity contribution in [1.82, 2.24) is 4.90 Å². The first-order valence-corrected chi connectivity index (χ1v) is 7.80. The lowest BCUT2D eigenvalue weighted by Crippen LogP contribution is -2.27. The molecule has 1 saturated heterocycles. The second kappa shape index (κ2) is 7.60. The molecule has 0 spiro atoms. The lowest BCUT2D eigenvalue weighted by molar-refractivity contribution is 0.239. The molecule has 0 atom stereocenters. The van der Waals surface area contributed by atoms with Crippen molar-refractivity contribution in [3.05, 3.63) is 29.3 Å². The van der Waals surface area contributed by atoms with Crippen molar-refractivity contribution in [2.45, 2.75) is 38.6 Å². The summed E-state index contributed by atoms with van der Waals surface area (Å²) < 4.78 is 5.31. The maximum Gasteiger partial charge on any atom is 0.129 e. The van der Waals surface area contributed by atoms with Gasteiger partial charge in [-0.05, 0) is 43.6 Å². The molecule has 4 heteroatoms. The zero-order valence-corrected chi connectivity index (χ0v) is 13.0. The minimum Gasteiger partial charge on any atom is -0.496 e. The first-order valence-electron chi connectivity index (χ1n) is 7.40. The molecule has 0 amide bonds. The Morgan fingerprint density at radius 1 is 1.20 bits per heavy atom. The lowest BCUT2D eigenvalue weighted by Gasteiger charge is -2.24. The van der Waals surface area contributed by atoms with Gasteiger partial charge in [-0.15, -0.1) is 0 Å². The summed E-state index contributed by atoms with van der Waals surface area (Å²) in [6.07, 6.45) is 6.72. The van der Waals surface area contributed by atoms with E-state index in [0.29, 0.717) is 4.99 Å². The topological polar surface area (TPSA) is 38.5 Å². The summed E-state index contributed by atoms with van der Waals surface area (Å²) in [5.41, 5.74) is 7.87. The Bertz CT molecular complexity index is 454. The van der Waals surface area contributed by atoms with Gasteiger partial charge < -0.3 is 10.5 Å². The first kappa shape index (κ1) is 15.3. The Kier molecular flexibility index (Phi) is 5.80. The fraction of sp³-hybridized carbons (Fsp3) is 0.562. The molecule has 0 bridgehead atoms. The van der Waals surface area contributed by atoms with Crippen LogP contribution in [0.15, 0.2) is 18.2 Å². The monoisotopic (exact) mass is 292 g/mol. The summed E-state index contributed by atoms with van der Waals surface area (Å²) in [5, 5.41) is 0. The molecule has 1 aromatic rings. The van der Waals surface area contributed by atoms with Crippen LogP contribution in [0.4, 0.5) is 0 Å². The number of rotatable bonds is 4. The molecule has 110 valence electrons. The molecular formula is C16H24N2OS. The van der Waals surface area contributed by atoms with E-state index in [-0.39, 0.29) is 0 Å². The zero-order valence-electron chi connectivity index (χ0n) is 12.2. The van der Waals surface area contributed by atoms with Gasteiger partial charge in [-0.3, -0.25) is 4.90 Å². The number of nitrogens with two attached hydrogens (primary N) is 1. The van der Waals surface area contributed by atoms with Crippen LogP contribution in [0.2, 0.25) is 0 Å². The Hall–Kier alpha value is -1.13. The van der Waals surface area contributed by atoms with E-state index in [1.165, 1.54) is 50.8 Å². The zero-order chi connectivity index (χ0) is 14.4. The second-order valence-electron chi connectivity index (χ2n) is 5.44. The van der Waals surface area contributed by atoms with Crippen LogP contribution in [0.25, 0.3) is 0 Å². The van der Waals surface area contributed by atoms with Crippen molar-refractivity contribution in [2.24, 2.45) is 5.73 Å². The molecule has 1 fully saturated rings. The Labute approximate surface area is 127 Å². The maximum absolute atomic E-state index is 5.78. The van der Waals surface area contributed by atoms with Crippen LogP contribution in [0, 0.1) is 0 Å². The summed E-state index contributed by atoms with van der Waals surface area (Å²) in [6.45, 7) is 3.35. The van der Waals surface area contributed by atoms with E-state index in [4.69, 9.17) is 22.7 Å². The number of hydrogen-bond acceptors (Lipinski definition) is 3. The van der Waals surface area contributed by atoms with Gasteiger partial charge in [-0.1, -0.05) is 37.5 Å². The van der Waals surface area contributed by atoms with Gasteiger partial charge in [0.25, 0.3) is 0 Å². The molecule has 2 rings (SSSR count). The third kappa shape index (κ3) is 4.18. The van der Waals surface area contributed by atoms with Gasteiger partial charge in [-0.25, -0.2) is 0 Å². The predicted octanol–water partition coefficient (Wildman–Crippen LogP) is 3.10. The third-order valence-corrected chi connectivity index (χ3v) is 4.10. The number of thiocarbonyl (C=S) groups is 1. The van der Waals surface area contributed by atoms with Crippen LogP contribution in [0.5, 0.6) is 5.75 Å². The molecule has 20 heavy (non-hydrogen) atoms. The molecule has 0 aliphatic carbocycles. The van der Waals surface area contributed by atoms with Crippen LogP contribution >= 0.6 is 12.2 Å². The normalized spacial score (nSPS) is 17.2. The number of hydrogen-bond donors (Lipinski definition) is 1. The molecule has 0 radical (unpaired) electrons. The van der Waals surface area contributed by atoms with E-state index in [1.54, 1.807) is 7.11 Å². The Balaban J connectivity index is 2.08. The van der Waals surface area contributed by atoms with Gasteiger partial charge >= 0.3 is 0 Å². The number of nitrogens with zero attached hydrogens (tertiary/aromatic N) is 1. The van der Waals surface area contributed by atoms with Crippen molar-refractivity contribution in [3.63, 3.8) is 0 Å². The first-order chi connectivity index (χ1) is 9.70. The largest absolute Gasteiger partial charge is 0.496 e. The minimum atomic E-state index is 0.399. The van der Waals surface area contributed by atoms with Crippen LogP contribution in [0.1, 0.15) is 43.2 Å². The smallest absolute Gasteiger partial charge is 0.129 e. The van der Waals surface area contributed by atoms with Gasteiger partial charge in [0.05, 0.1) is 12.7 Å². The number of benzene rings is 1. The molecule has 0 aromatic heterocycles. The molecule has 1 aromatic carbocycles. The van der Waals surface area contributed by atoms with Crippen LogP contribution in [-0.2, 0) is 6.54 Å². The number of likely N-dealkylation sites (tertiary alicyclic amines) is 1. The van der Waals surface area contributed by atoms with Gasteiger partial charge in [0, 0.05) is 6.54 Å². The van der Waals surface area contributed by atoms with Crippen molar-refractivity contribution in [1.29, 1.82) is 0 Å². The molecule has 0 unspecified atom stereocenters. The van der Waals surface area contributed by atoms with Gasteiger partial charge in [0.15, 0.2) is 0 Å². The highest BCUT2D eigenvalue weighted by molar-refractivity contribution is 7.80. The highest BCUT2D eigenvalue weighted by atomic mass is 32.1. The summed E-state index contributed by atoms with van der Waals surface area (Å²) in [5.74, 6) is 0.758. The lowest BCUT2D eigenvalue weighted by atomic mass is 10.1. The van der Waals surface area contributed by atoms with Gasteiger partial charge in [0.2, 0.25) is 0 Å². The van der Waals surface area contributed by atoms with Crippen molar-refractivity contribution < 1.29 is 4.74 Å². The highest BCUT2D eigenvalue weighted by Gasteiger charge is 2.11. The molecular weight excluding hydrogens is 268 g/mol. The van der Waals surface area contributed by atoms with Gasteiger partial charge in [-0.2, -0.15) is 0 Å². The highest BCUT2D eigenvalue weighted by Crippen LogP contribution is 2.21. The fourth-order valence-electron chi connectivity index (χ4n) is 2.78. The quantitative estimate of drug-likeness (QED) is 0.866. The molecule has 2 N–H and O–H groups in total. The molecule has 1 heterocycles. The SMILES string of the molecule is COc1ccc(CN2CCCCCCC2)cc1C(N)=S. The number of ether oxygens (including phenoxy) is 1. The average molecular weight is 292 g/mol. The standard InChI is InChI=1S/C16H24N2OS/c1-19-15-8-7-13(11-14(15)16(17)20)12-18-9-5-3-2-4-6-10-18/h7-8,11H,2-6,9-10,12H2,1H3,(H2,17,20). The van der Waals surface area contributed by atoms with Crippen LogP contribution < -0.4 is 10.5 Å². The van der Waals surface area contributed by atoms with E-state index in [0.717, 1.165) is 17.9 Å². The van der Waals surface area contributed by atoms with E-state index >= 15 is 0 Å². The van der Waals surface area contributed by atoms with E-state index in [2.05, 4.69) is 17.0 Å². The fourth-order valence-corrected chi connectivity index (χ4v) is 2.93. The van der Waals surface area contributed by atoms with E-state index in [1.807, 2.05) is 6.07 Å². The molecule has 3 nitrogen and oxygen atoms in total. The summed E-state index contributed by atoms with van der Waals surface area (Å²) >= 11 is 5.10. The Morgan fingerprint density at radius 3 is 2.45 bits per heavy atom. The van der Waals surface area contributed by atoms with Crippen LogP contribution in [-0.4, -0.2) is 30.1 Å². The molecule has 1 aliphatic heterocycles. The van der Waals surface area contributed by atoms with E-state index in [9.17, 15) is 0 Å². The molecule has 1 aliphatic rings. The minimum absolute atomic E-state index is 0.399.